The van der Waals surface area contributed by atoms with Crippen LogP contribution in [0.2, 0.25) is 5.02 Å². The van der Waals surface area contributed by atoms with Crippen molar-refractivity contribution in [2.75, 3.05) is 0 Å². The summed E-state index contributed by atoms with van der Waals surface area (Å²) >= 11 is 5.70. The number of benzene rings is 1. The van der Waals surface area contributed by atoms with E-state index in [2.05, 4.69) is 0 Å². The third kappa shape index (κ3) is 2.80. The molecular weight excluding hydrogens is 190 g/mol. The van der Waals surface area contributed by atoms with E-state index >= 15 is 0 Å². The standard InChI is InChI=1S/C9H8ClNO2/c10-7-3-1-2-6(4-7)8(11)5-9(12)13/h1-5H,11H2,(H,12,13)/b8-5+. The minimum Gasteiger partial charge on any atom is -0.478 e. The molecule has 1 rings (SSSR count). The highest BCUT2D eigenvalue weighted by molar-refractivity contribution is 6.30. The lowest BCUT2D eigenvalue weighted by Gasteiger charge is -1.99. The molecule has 4 heteroatoms. The van der Waals surface area contributed by atoms with E-state index in [1.165, 1.54) is 0 Å². The Hall–Kier alpha value is -1.48. The molecule has 0 aliphatic rings. The van der Waals surface area contributed by atoms with E-state index in [0.29, 0.717) is 10.6 Å². The number of halogens is 1. The second kappa shape index (κ2) is 3.96. The lowest BCUT2D eigenvalue weighted by Crippen LogP contribution is -2.00. The molecule has 0 spiro atoms. The number of carbonyl (C=O) groups is 1. The van der Waals surface area contributed by atoms with E-state index in [-0.39, 0.29) is 5.70 Å². The topological polar surface area (TPSA) is 63.3 Å². The van der Waals surface area contributed by atoms with Gasteiger partial charge in [-0.05, 0) is 17.7 Å². The van der Waals surface area contributed by atoms with Crippen molar-refractivity contribution < 1.29 is 9.90 Å². The van der Waals surface area contributed by atoms with Gasteiger partial charge in [0.25, 0.3) is 0 Å². The zero-order valence-electron chi connectivity index (χ0n) is 6.70. The van der Waals surface area contributed by atoms with E-state index in [1.807, 2.05) is 0 Å². The predicted molar refractivity (Wildman–Crippen MR) is 51.3 cm³/mol. The fraction of sp³-hybridized carbons (Fsp3) is 0. The maximum Gasteiger partial charge on any atom is 0.330 e. The van der Waals surface area contributed by atoms with Crippen molar-refractivity contribution in [2.45, 2.75) is 0 Å². The van der Waals surface area contributed by atoms with Gasteiger partial charge in [0.15, 0.2) is 0 Å². The van der Waals surface area contributed by atoms with Crippen molar-refractivity contribution in [3.05, 3.63) is 40.9 Å². The molecule has 0 saturated heterocycles. The van der Waals surface area contributed by atoms with Gasteiger partial charge < -0.3 is 10.8 Å². The van der Waals surface area contributed by atoms with Gasteiger partial charge in [-0.2, -0.15) is 0 Å². The number of carboxylic acids is 1. The Bertz CT molecular complexity index is 360. The zero-order chi connectivity index (χ0) is 9.84. The average molecular weight is 198 g/mol. The van der Waals surface area contributed by atoms with Crippen LogP contribution in [0.15, 0.2) is 30.3 Å². The molecule has 1 aromatic rings. The van der Waals surface area contributed by atoms with Crippen LogP contribution in [0.25, 0.3) is 5.70 Å². The molecule has 68 valence electrons. The van der Waals surface area contributed by atoms with Crippen LogP contribution < -0.4 is 5.73 Å². The van der Waals surface area contributed by atoms with Crippen LogP contribution in [-0.4, -0.2) is 11.1 Å². The van der Waals surface area contributed by atoms with E-state index < -0.39 is 5.97 Å². The molecule has 3 nitrogen and oxygen atoms in total. The molecular formula is C9H8ClNO2. The van der Waals surface area contributed by atoms with E-state index in [9.17, 15) is 4.79 Å². The highest BCUT2D eigenvalue weighted by Gasteiger charge is 1.99. The SMILES string of the molecule is N/C(=C/C(=O)O)c1cccc(Cl)c1. The highest BCUT2D eigenvalue weighted by atomic mass is 35.5. The first-order chi connectivity index (χ1) is 6.09. The summed E-state index contributed by atoms with van der Waals surface area (Å²) in [4.78, 5) is 10.3. The lowest BCUT2D eigenvalue weighted by molar-refractivity contribution is -0.131. The largest absolute Gasteiger partial charge is 0.478 e. The Morgan fingerprint density at radius 2 is 2.23 bits per heavy atom. The van der Waals surface area contributed by atoms with Crippen LogP contribution in [0.5, 0.6) is 0 Å². The molecule has 1 aromatic carbocycles. The van der Waals surface area contributed by atoms with Crippen LogP contribution in [-0.2, 0) is 4.79 Å². The number of nitrogens with two attached hydrogens (primary N) is 1. The fourth-order valence-electron chi connectivity index (χ4n) is 0.884. The number of hydrogen-bond acceptors (Lipinski definition) is 2. The van der Waals surface area contributed by atoms with Crippen molar-refractivity contribution in [1.29, 1.82) is 0 Å². The van der Waals surface area contributed by atoms with Crippen molar-refractivity contribution >= 4 is 23.3 Å². The van der Waals surface area contributed by atoms with Crippen molar-refractivity contribution in [3.63, 3.8) is 0 Å². The summed E-state index contributed by atoms with van der Waals surface area (Å²) in [5.41, 5.74) is 6.28. The predicted octanol–water partition coefficient (Wildman–Crippen LogP) is 1.72. The van der Waals surface area contributed by atoms with Gasteiger partial charge in [0.05, 0.1) is 0 Å². The van der Waals surface area contributed by atoms with Crippen LogP contribution in [0, 0.1) is 0 Å². The van der Waals surface area contributed by atoms with Gasteiger partial charge in [0, 0.05) is 16.8 Å². The Morgan fingerprint density at radius 3 is 2.77 bits per heavy atom. The molecule has 0 amide bonds. The third-order valence-corrected chi connectivity index (χ3v) is 1.67. The minimum absolute atomic E-state index is 0.190. The second-order valence-electron chi connectivity index (χ2n) is 2.45. The van der Waals surface area contributed by atoms with E-state index in [1.54, 1.807) is 24.3 Å². The summed E-state index contributed by atoms with van der Waals surface area (Å²) in [7, 11) is 0. The van der Waals surface area contributed by atoms with Gasteiger partial charge in [-0.25, -0.2) is 4.79 Å². The molecule has 0 heterocycles. The van der Waals surface area contributed by atoms with Gasteiger partial charge >= 0.3 is 5.97 Å². The molecule has 0 atom stereocenters. The van der Waals surface area contributed by atoms with Crippen LogP contribution >= 0.6 is 11.6 Å². The molecule has 0 aromatic heterocycles. The summed E-state index contributed by atoms with van der Waals surface area (Å²) in [6.07, 6.45) is 0.936. The first-order valence-corrected chi connectivity index (χ1v) is 3.93. The van der Waals surface area contributed by atoms with Gasteiger partial charge in [-0.15, -0.1) is 0 Å². The monoisotopic (exact) mass is 197 g/mol. The number of aliphatic carboxylic acids is 1. The quantitative estimate of drug-likeness (QED) is 0.710. The Kier molecular flexibility index (Phi) is 2.93. The number of carboxylic acid groups (broad SMARTS) is 1. The summed E-state index contributed by atoms with van der Waals surface area (Å²) in [5, 5.41) is 8.95. The van der Waals surface area contributed by atoms with E-state index in [4.69, 9.17) is 22.4 Å². The Morgan fingerprint density at radius 1 is 1.54 bits per heavy atom. The molecule has 0 aliphatic carbocycles. The first kappa shape index (κ1) is 9.61. The molecule has 0 unspecified atom stereocenters. The third-order valence-electron chi connectivity index (χ3n) is 1.44. The summed E-state index contributed by atoms with van der Waals surface area (Å²) in [6, 6.07) is 6.70. The first-order valence-electron chi connectivity index (χ1n) is 3.55. The molecule has 0 radical (unpaired) electrons. The molecule has 0 aliphatic heterocycles. The maximum atomic E-state index is 10.3. The van der Waals surface area contributed by atoms with Crippen molar-refractivity contribution in [3.8, 4) is 0 Å². The molecule has 13 heavy (non-hydrogen) atoms. The van der Waals surface area contributed by atoms with Gasteiger partial charge in [-0.3, -0.25) is 0 Å². The van der Waals surface area contributed by atoms with Gasteiger partial charge in [0.2, 0.25) is 0 Å². The molecule has 0 saturated carbocycles. The lowest BCUT2D eigenvalue weighted by atomic mass is 10.1. The number of hydrogen-bond donors (Lipinski definition) is 2. The van der Waals surface area contributed by atoms with Gasteiger partial charge in [-0.1, -0.05) is 23.7 Å². The molecule has 0 fully saturated rings. The zero-order valence-corrected chi connectivity index (χ0v) is 7.45. The summed E-state index contributed by atoms with van der Waals surface area (Å²) < 4.78 is 0. The van der Waals surface area contributed by atoms with Crippen LogP contribution in [0.1, 0.15) is 5.56 Å². The maximum absolute atomic E-state index is 10.3. The second-order valence-corrected chi connectivity index (χ2v) is 2.88. The fourth-order valence-corrected chi connectivity index (χ4v) is 1.07. The Labute approximate surface area is 80.4 Å². The van der Waals surface area contributed by atoms with Crippen LogP contribution in [0.3, 0.4) is 0 Å². The summed E-state index contributed by atoms with van der Waals surface area (Å²) in [5.74, 6) is -1.07. The van der Waals surface area contributed by atoms with Crippen molar-refractivity contribution in [1.82, 2.24) is 0 Å². The van der Waals surface area contributed by atoms with E-state index in [0.717, 1.165) is 6.08 Å². The van der Waals surface area contributed by atoms with Crippen molar-refractivity contribution in [2.24, 2.45) is 5.73 Å². The molecule has 0 bridgehead atoms. The van der Waals surface area contributed by atoms with Gasteiger partial charge in [0.1, 0.15) is 0 Å². The molecule has 3 N–H and O–H groups in total. The average Bonchev–Trinajstić information content (AvgIpc) is 2.03. The Balaban J connectivity index is 3.02. The summed E-state index contributed by atoms with van der Waals surface area (Å²) in [6.45, 7) is 0. The highest BCUT2D eigenvalue weighted by Crippen LogP contribution is 2.14. The van der Waals surface area contributed by atoms with Crippen LogP contribution in [0.4, 0.5) is 0 Å². The smallest absolute Gasteiger partial charge is 0.330 e. The number of rotatable bonds is 2. The minimum atomic E-state index is -1.07. The normalized spacial score (nSPS) is 11.3.